The largest absolute Gasteiger partial charge is 0.369 e. The van der Waals surface area contributed by atoms with Gasteiger partial charge < -0.3 is 15.0 Å². The van der Waals surface area contributed by atoms with Crippen LogP contribution in [0.3, 0.4) is 0 Å². The highest BCUT2D eigenvalue weighted by Gasteiger charge is 2.41. The molecule has 0 radical (unpaired) electrons. The van der Waals surface area contributed by atoms with E-state index in [1.54, 1.807) is 16.2 Å². The van der Waals surface area contributed by atoms with Crippen molar-refractivity contribution in [1.29, 1.82) is 0 Å². The van der Waals surface area contributed by atoms with Crippen LogP contribution in [0.1, 0.15) is 33.0 Å². The molecule has 0 unspecified atom stereocenters. The van der Waals surface area contributed by atoms with Crippen molar-refractivity contribution in [2.75, 3.05) is 45.9 Å². The maximum atomic E-state index is 12.9. The SMILES string of the molecule is NS(=O)(=O)N1CCN(C(=O)c2cc3c(s2)C2(CCNCC2)OCC3)CC1. The number of fused-ring (bicyclic) bond motifs is 2. The molecule has 144 valence electrons. The van der Waals surface area contributed by atoms with Crippen molar-refractivity contribution in [2.45, 2.75) is 24.9 Å². The third-order valence-corrected chi connectivity index (χ3v) is 7.92. The second-order valence-electron chi connectivity index (χ2n) is 7.04. The van der Waals surface area contributed by atoms with Gasteiger partial charge in [-0.05, 0) is 44.0 Å². The van der Waals surface area contributed by atoms with Gasteiger partial charge in [-0.25, -0.2) is 5.14 Å². The summed E-state index contributed by atoms with van der Waals surface area (Å²) in [5, 5.41) is 8.54. The van der Waals surface area contributed by atoms with Crippen LogP contribution in [0.2, 0.25) is 0 Å². The smallest absolute Gasteiger partial charge is 0.277 e. The zero-order valence-electron chi connectivity index (χ0n) is 14.6. The van der Waals surface area contributed by atoms with Crippen LogP contribution in [-0.4, -0.2) is 69.4 Å². The van der Waals surface area contributed by atoms with Crippen molar-refractivity contribution in [2.24, 2.45) is 5.14 Å². The van der Waals surface area contributed by atoms with Crippen LogP contribution in [0.4, 0.5) is 0 Å². The summed E-state index contributed by atoms with van der Waals surface area (Å²) >= 11 is 1.55. The zero-order valence-corrected chi connectivity index (χ0v) is 16.2. The van der Waals surface area contributed by atoms with E-state index in [1.165, 1.54) is 14.7 Å². The Bertz CT molecular complexity index is 793. The average Bonchev–Trinajstić information content (AvgIpc) is 3.07. The molecule has 8 nitrogen and oxygen atoms in total. The maximum absolute atomic E-state index is 12.9. The molecule has 0 bridgehead atoms. The summed E-state index contributed by atoms with van der Waals surface area (Å²) in [5.41, 5.74) is 0.989. The molecule has 1 amide bonds. The molecule has 0 saturated carbocycles. The van der Waals surface area contributed by atoms with Gasteiger partial charge in [-0.2, -0.15) is 12.7 Å². The summed E-state index contributed by atoms with van der Waals surface area (Å²) in [6.07, 6.45) is 2.70. The first-order chi connectivity index (χ1) is 12.4. The molecular formula is C16H24N4O4S2. The Morgan fingerprint density at radius 3 is 2.58 bits per heavy atom. The molecule has 1 aromatic heterocycles. The molecule has 3 N–H and O–H groups in total. The molecule has 26 heavy (non-hydrogen) atoms. The number of carbonyl (C=O) groups excluding carboxylic acids is 1. The number of thiophene rings is 1. The number of hydrogen-bond donors (Lipinski definition) is 2. The number of ether oxygens (including phenoxy) is 1. The third-order valence-electron chi connectivity index (χ3n) is 5.48. The lowest BCUT2D eigenvalue weighted by Gasteiger charge is -2.40. The molecule has 1 aromatic rings. The molecule has 3 aliphatic heterocycles. The van der Waals surface area contributed by atoms with Crippen molar-refractivity contribution in [3.05, 3.63) is 21.4 Å². The molecule has 3 aliphatic rings. The summed E-state index contributed by atoms with van der Waals surface area (Å²) < 4.78 is 30.2. The van der Waals surface area contributed by atoms with E-state index in [1.807, 2.05) is 6.07 Å². The normalized spacial score (nSPS) is 23.8. The van der Waals surface area contributed by atoms with Gasteiger partial charge in [0, 0.05) is 31.1 Å². The molecule has 0 aliphatic carbocycles. The predicted molar refractivity (Wildman–Crippen MR) is 98.3 cm³/mol. The molecule has 4 rings (SSSR count). The summed E-state index contributed by atoms with van der Waals surface area (Å²) in [6, 6.07) is 2.01. The van der Waals surface area contributed by atoms with Gasteiger partial charge in [-0.3, -0.25) is 4.79 Å². The maximum Gasteiger partial charge on any atom is 0.277 e. The van der Waals surface area contributed by atoms with Gasteiger partial charge in [0.25, 0.3) is 16.1 Å². The van der Waals surface area contributed by atoms with Gasteiger partial charge in [0.05, 0.1) is 11.5 Å². The predicted octanol–water partition coefficient (Wildman–Crippen LogP) is -0.139. The first-order valence-corrected chi connectivity index (χ1v) is 11.3. The minimum Gasteiger partial charge on any atom is -0.369 e. The lowest BCUT2D eigenvalue weighted by molar-refractivity contribution is -0.0771. The summed E-state index contributed by atoms with van der Waals surface area (Å²) in [7, 11) is -3.69. The van der Waals surface area contributed by atoms with E-state index in [9.17, 15) is 13.2 Å². The van der Waals surface area contributed by atoms with Gasteiger partial charge in [-0.15, -0.1) is 11.3 Å². The highest BCUT2D eigenvalue weighted by atomic mass is 32.2. The third kappa shape index (κ3) is 3.30. The van der Waals surface area contributed by atoms with Crippen molar-refractivity contribution >= 4 is 27.5 Å². The number of nitrogens with two attached hydrogens (primary N) is 1. The van der Waals surface area contributed by atoms with Crippen molar-refractivity contribution in [1.82, 2.24) is 14.5 Å². The number of rotatable bonds is 2. The highest BCUT2D eigenvalue weighted by molar-refractivity contribution is 7.86. The van der Waals surface area contributed by atoms with Gasteiger partial charge >= 0.3 is 0 Å². The second-order valence-corrected chi connectivity index (χ2v) is 9.64. The van der Waals surface area contributed by atoms with E-state index in [0.29, 0.717) is 19.7 Å². The van der Waals surface area contributed by atoms with Crippen LogP contribution in [0.25, 0.3) is 0 Å². The number of hydrogen-bond acceptors (Lipinski definition) is 6. The number of nitrogens with one attached hydrogen (secondary N) is 1. The Hall–Kier alpha value is -1.04. The Morgan fingerprint density at radius 1 is 1.23 bits per heavy atom. The number of piperazine rings is 1. The quantitative estimate of drug-likeness (QED) is 0.719. The fourth-order valence-corrected chi connectivity index (χ4v) is 6.08. The Morgan fingerprint density at radius 2 is 1.92 bits per heavy atom. The lowest BCUT2D eigenvalue weighted by atomic mass is 9.86. The number of amides is 1. The van der Waals surface area contributed by atoms with Gasteiger partial charge in [0.15, 0.2) is 0 Å². The topological polar surface area (TPSA) is 105 Å². The van der Waals surface area contributed by atoms with E-state index in [-0.39, 0.29) is 24.6 Å². The molecule has 2 saturated heterocycles. The first-order valence-electron chi connectivity index (χ1n) is 8.94. The van der Waals surface area contributed by atoms with Gasteiger partial charge in [0.1, 0.15) is 5.60 Å². The molecule has 0 aromatic carbocycles. The molecule has 0 atom stereocenters. The molecule has 10 heteroatoms. The van der Waals surface area contributed by atoms with Crippen molar-refractivity contribution in [3.8, 4) is 0 Å². The molecule has 1 spiro atoms. The van der Waals surface area contributed by atoms with Crippen molar-refractivity contribution in [3.63, 3.8) is 0 Å². The van der Waals surface area contributed by atoms with E-state index < -0.39 is 10.2 Å². The van der Waals surface area contributed by atoms with E-state index in [0.717, 1.165) is 37.2 Å². The Kier molecular flexibility index (Phi) is 4.82. The van der Waals surface area contributed by atoms with Crippen LogP contribution in [0, 0.1) is 0 Å². The summed E-state index contributed by atoms with van der Waals surface area (Å²) in [6.45, 7) is 3.77. The van der Waals surface area contributed by atoms with Gasteiger partial charge in [0.2, 0.25) is 0 Å². The number of nitrogens with zero attached hydrogens (tertiary/aromatic N) is 2. The second kappa shape index (κ2) is 6.84. The minimum atomic E-state index is -3.69. The van der Waals surface area contributed by atoms with Crippen LogP contribution < -0.4 is 10.5 Å². The molecular weight excluding hydrogens is 376 g/mol. The lowest BCUT2D eigenvalue weighted by Crippen LogP contribution is -2.52. The number of piperidine rings is 1. The molecule has 2 fully saturated rings. The van der Waals surface area contributed by atoms with Crippen LogP contribution in [0.5, 0.6) is 0 Å². The molecule has 4 heterocycles. The fourth-order valence-electron chi connectivity index (χ4n) is 4.03. The van der Waals surface area contributed by atoms with E-state index in [4.69, 9.17) is 9.88 Å². The average molecular weight is 401 g/mol. The monoisotopic (exact) mass is 400 g/mol. The van der Waals surface area contributed by atoms with Crippen LogP contribution in [-0.2, 0) is 27.0 Å². The van der Waals surface area contributed by atoms with Crippen LogP contribution in [0.15, 0.2) is 6.07 Å². The van der Waals surface area contributed by atoms with Gasteiger partial charge in [-0.1, -0.05) is 0 Å². The Labute approximate surface area is 157 Å². The fraction of sp³-hybridized carbons (Fsp3) is 0.688. The minimum absolute atomic E-state index is 0.0254. The zero-order chi connectivity index (χ0) is 18.4. The van der Waals surface area contributed by atoms with E-state index >= 15 is 0 Å². The van der Waals surface area contributed by atoms with E-state index in [2.05, 4.69) is 5.32 Å². The first kappa shape index (κ1) is 18.3. The summed E-state index contributed by atoms with van der Waals surface area (Å²) in [4.78, 5) is 16.6. The van der Waals surface area contributed by atoms with Crippen molar-refractivity contribution < 1.29 is 17.9 Å². The Balaban J connectivity index is 1.52. The summed E-state index contributed by atoms with van der Waals surface area (Å²) in [5.74, 6) is -0.0254. The standard InChI is InChI=1S/C16H24N4O4S2/c17-26(22,23)20-8-6-19(7-9-20)15(21)13-11-12-1-10-24-16(14(12)25-13)2-4-18-5-3-16/h11,18H,1-10H2,(H2,17,22,23). The van der Waals surface area contributed by atoms with Crippen LogP contribution >= 0.6 is 11.3 Å². The number of carbonyl (C=O) groups is 1. The highest BCUT2D eigenvalue weighted by Crippen LogP contribution is 2.44.